The van der Waals surface area contributed by atoms with E-state index in [-0.39, 0.29) is 12.3 Å². The van der Waals surface area contributed by atoms with Crippen molar-refractivity contribution in [3.8, 4) is 0 Å². The Labute approximate surface area is 77.6 Å². The van der Waals surface area contributed by atoms with Crippen LogP contribution in [0.25, 0.3) is 0 Å². The third-order valence-electron chi connectivity index (χ3n) is 1.52. The van der Waals surface area contributed by atoms with Gasteiger partial charge in [0.15, 0.2) is 12.3 Å². The fourth-order valence-corrected chi connectivity index (χ4v) is 1.15. The number of aryl methyl sites for hydroxylation is 1. The summed E-state index contributed by atoms with van der Waals surface area (Å²) >= 11 is 0.137. The lowest BCUT2D eigenvalue weighted by Crippen LogP contribution is -1.89. The predicted octanol–water partition coefficient (Wildman–Crippen LogP) is 3.16. The Morgan fingerprint density at radius 2 is 2.17 bits per heavy atom. The smallest absolute Gasteiger partial charge is 0.181 e. The number of hydrogen-bond donors (Lipinski definition) is 0. The van der Waals surface area contributed by atoms with Gasteiger partial charge >= 0.3 is 0 Å². The molecule has 0 saturated carbocycles. The molecule has 1 aromatic heterocycles. The second-order valence-electron chi connectivity index (χ2n) is 2.05. The van der Waals surface area contributed by atoms with Crippen LogP contribution in [0.2, 0.25) is 0 Å². The molecule has 0 amide bonds. The van der Waals surface area contributed by atoms with E-state index in [0.717, 1.165) is 17.7 Å². The van der Waals surface area contributed by atoms with Crippen LogP contribution in [0.5, 0.6) is 0 Å². The van der Waals surface area contributed by atoms with Gasteiger partial charge in [-0.15, -0.1) is 3.89 Å². The lowest BCUT2D eigenvalue weighted by molar-refractivity contribution is 0.862. The Bertz CT molecular complexity index is 201. The molecule has 0 bridgehead atoms. The van der Waals surface area contributed by atoms with Gasteiger partial charge in [0.05, 0.1) is 11.9 Å². The number of hydrogen-bond acceptors (Lipinski definition) is 2. The summed E-state index contributed by atoms with van der Waals surface area (Å²) in [6, 6.07) is 0. The molecule has 4 heteroatoms. The van der Waals surface area contributed by atoms with Gasteiger partial charge in [-0.25, -0.2) is 0 Å². The summed E-state index contributed by atoms with van der Waals surface area (Å²) < 4.78 is 13.2. The van der Waals surface area contributed by atoms with Gasteiger partial charge in [-0.05, 0) is 18.9 Å². The van der Waals surface area contributed by atoms with Gasteiger partial charge in [0.25, 0.3) is 0 Å². The van der Waals surface area contributed by atoms with Gasteiger partial charge in [0, 0.05) is 0 Å². The fraction of sp³-hybridized carbons (Fsp3) is 0.625. The largest absolute Gasteiger partial charge is 0.187 e. The van der Waals surface area contributed by atoms with E-state index in [2.05, 4.69) is 5.10 Å². The molecule has 0 spiro atoms. The summed E-state index contributed by atoms with van der Waals surface area (Å²) in [7, 11) is 0. The molecule has 1 aromatic rings. The lowest BCUT2D eigenvalue weighted by Gasteiger charge is -1.94. The number of rotatable bonds is 2. The zero-order valence-electron chi connectivity index (χ0n) is 7.97. The van der Waals surface area contributed by atoms with E-state index in [1.807, 2.05) is 27.7 Å². The van der Waals surface area contributed by atoms with Crippen molar-refractivity contribution >= 4 is 12.3 Å². The molecule has 70 valence electrons. The maximum absolute atomic E-state index is 12.0. The molecule has 0 fully saturated rings. The average Bonchev–Trinajstić information content (AvgIpc) is 2.49. The SMILES string of the molecule is CC.CCc1cnn(SF)c1C. The maximum Gasteiger partial charge on any atom is 0.187 e. The van der Waals surface area contributed by atoms with Crippen molar-refractivity contribution in [2.45, 2.75) is 34.1 Å². The molecule has 0 radical (unpaired) electrons. The van der Waals surface area contributed by atoms with Gasteiger partial charge in [-0.2, -0.15) is 9.19 Å². The number of nitrogens with zero attached hydrogens (tertiary/aromatic N) is 2. The summed E-state index contributed by atoms with van der Waals surface area (Å²) in [6.07, 6.45) is 2.61. The topological polar surface area (TPSA) is 17.8 Å². The first-order chi connectivity index (χ1) is 5.79. The highest BCUT2D eigenvalue weighted by molar-refractivity contribution is 7.92. The van der Waals surface area contributed by atoms with E-state index >= 15 is 0 Å². The zero-order valence-corrected chi connectivity index (χ0v) is 8.78. The van der Waals surface area contributed by atoms with Gasteiger partial charge in [-0.1, -0.05) is 20.8 Å². The quantitative estimate of drug-likeness (QED) is 0.713. The van der Waals surface area contributed by atoms with Crippen molar-refractivity contribution in [1.29, 1.82) is 0 Å². The van der Waals surface area contributed by atoms with Crippen LogP contribution in [0, 0.1) is 6.92 Å². The van der Waals surface area contributed by atoms with Crippen molar-refractivity contribution in [3.05, 3.63) is 17.5 Å². The first-order valence-electron chi connectivity index (χ1n) is 4.12. The van der Waals surface area contributed by atoms with Crippen LogP contribution in [0.15, 0.2) is 6.20 Å². The van der Waals surface area contributed by atoms with Crippen LogP contribution in [-0.4, -0.2) is 9.19 Å². The summed E-state index contributed by atoms with van der Waals surface area (Å²) in [5.74, 6) is 0. The third-order valence-corrected chi connectivity index (χ3v) is 2.02. The molecule has 1 heterocycles. The second kappa shape index (κ2) is 6.06. The van der Waals surface area contributed by atoms with Gasteiger partial charge in [-0.3, -0.25) is 0 Å². The molecular formula is C8H15FN2S. The van der Waals surface area contributed by atoms with Crippen molar-refractivity contribution in [2.75, 3.05) is 0 Å². The average molecular weight is 190 g/mol. The van der Waals surface area contributed by atoms with Gasteiger partial charge in [0.2, 0.25) is 0 Å². The highest BCUT2D eigenvalue weighted by atomic mass is 32.2. The molecule has 2 nitrogen and oxygen atoms in total. The van der Waals surface area contributed by atoms with E-state index in [9.17, 15) is 3.89 Å². The van der Waals surface area contributed by atoms with E-state index in [1.165, 1.54) is 4.09 Å². The molecule has 0 aromatic carbocycles. The molecule has 0 N–H and O–H groups in total. The summed E-state index contributed by atoms with van der Waals surface area (Å²) in [5, 5.41) is 3.81. The monoisotopic (exact) mass is 190 g/mol. The van der Waals surface area contributed by atoms with Crippen LogP contribution in [0.1, 0.15) is 32.0 Å². The molecular weight excluding hydrogens is 175 g/mol. The highest BCUT2D eigenvalue weighted by Gasteiger charge is 2.03. The maximum atomic E-state index is 12.0. The van der Waals surface area contributed by atoms with E-state index in [4.69, 9.17) is 0 Å². The van der Waals surface area contributed by atoms with E-state index in [1.54, 1.807) is 6.20 Å². The lowest BCUT2D eigenvalue weighted by atomic mass is 10.2. The normalized spacial score (nSPS) is 9.08. The highest BCUT2D eigenvalue weighted by Crippen LogP contribution is 2.14. The summed E-state index contributed by atoms with van der Waals surface area (Å²) in [4.78, 5) is 0. The van der Waals surface area contributed by atoms with Crippen molar-refractivity contribution in [3.63, 3.8) is 0 Å². The van der Waals surface area contributed by atoms with E-state index < -0.39 is 0 Å². The van der Waals surface area contributed by atoms with Crippen molar-refractivity contribution < 1.29 is 3.89 Å². The summed E-state index contributed by atoms with van der Waals surface area (Å²) in [6.45, 7) is 7.88. The Balaban J connectivity index is 0.000000561. The molecule has 0 aliphatic rings. The first-order valence-corrected chi connectivity index (χ1v) is 4.79. The Kier molecular flexibility index (Phi) is 5.80. The van der Waals surface area contributed by atoms with Crippen LogP contribution in [0.4, 0.5) is 3.89 Å². The van der Waals surface area contributed by atoms with Gasteiger partial charge in [0.1, 0.15) is 0 Å². The fourth-order valence-electron chi connectivity index (χ4n) is 0.842. The minimum Gasteiger partial charge on any atom is -0.181 e. The minimum atomic E-state index is 0.137. The van der Waals surface area contributed by atoms with Gasteiger partial charge < -0.3 is 0 Å². The second-order valence-corrected chi connectivity index (χ2v) is 2.53. The third kappa shape index (κ3) is 2.52. The zero-order chi connectivity index (χ0) is 9.56. The minimum absolute atomic E-state index is 0.137. The standard InChI is InChI=1S/C6H9FN2S.C2H6/c1-3-6-4-8-9(10-7)5(6)2;1-2/h4H,3H2,1-2H3;1-2H3. The molecule has 0 unspecified atom stereocenters. The van der Waals surface area contributed by atoms with Crippen LogP contribution < -0.4 is 0 Å². The molecule has 12 heavy (non-hydrogen) atoms. The molecule has 0 atom stereocenters. The van der Waals surface area contributed by atoms with E-state index in [0.29, 0.717) is 0 Å². The molecule has 1 rings (SSSR count). The predicted molar refractivity (Wildman–Crippen MR) is 51.8 cm³/mol. The molecule has 0 aliphatic carbocycles. The molecule has 0 aliphatic heterocycles. The van der Waals surface area contributed by atoms with Crippen molar-refractivity contribution in [1.82, 2.24) is 9.19 Å². The number of halogens is 1. The first kappa shape index (κ1) is 11.5. The van der Waals surface area contributed by atoms with Crippen LogP contribution in [-0.2, 0) is 6.42 Å². The van der Waals surface area contributed by atoms with Crippen LogP contribution in [0.3, 0.4) is 0 Å². The Morgan fingerprint density at radius 1 is 1.58 bits per heavy atom. The Hall–Kier alpha value is -0.510. The number of aromatic nitrogens is 2. The van der Waals surface area contributed by atoms with Crippen LogP contribution >= 0.6 is 12.3 Å². The Morgan fingerprint density at radius 3 is 2.42 bits per heavy atom. The summed E-state index contributed by atoms with van der Waals surface area (Å²) in [5.41, 5.74) is 2.00. The van der Waals surface area contributed by atoms with Crippen molar-refractivity contribution in [2.24, 2.45) is 0 Å². The molecule has 0 saturated heterocycles.